The fourth-order valence-corrected chi connectivity index (χ4v) is 4.03. The lowest BCUT2D eigenvalue weighted by Gasteiger charge is -2.09. The van der Waals surface area contributed by atoms with Crippen molar-refractivity contribution in [2.24, 2.45) is 5.10 Å². The third-order valence-corrected chi connectivity index (χ3v) is 5.88. The SMILES string of the molecule is Cc1cc(/C=N\NC(=O)CCSc2ccc(Cl)cc2)c(C)n1-c1ccc(Cl)cc1. The van der Waals surface area contributed by atoms with E-state index in [4.69, 9.17) is 23.2 Å². The van der Waals surface area contributed by atoms with E-state index in [9.17, 15) is 4.79 Å². The molecular formula is C22H21Cl2N3OS. The molecule has 7 heteroatoms. The number of carbonyl (C=O) groups is 1. The molecule has 0 aliphatic heterocycles. The van der Waals surface area contributed by atoms with Gasteiger partial charge in [0.2, 0.25) is 5.91 Å². The first-order valence-electron chi connectivity index (χ1n) is 9.09. The summed E-state index contributed by atoms with van der Waals surface area (Å²) in [6.45, 7) is 4.05. The molecule has 1 amide bonds. The zero-order valence-electron chi connectivity index (χ0n) is 16.2. The predicted molar refractivity (Wildman–Crippen MR) is 123 cm³/mol. The molecule has 0 bridgehead atoms. The van der Waals surface area contributed by atoms with Crippen molar-refractivity contribution in [3.8, 4) is 5.69 Å². The van der Waals surface area contributed by atoms with Gasteiger partial charge in [0.15, 0.2) is 0 Å². The molecule has 0 unspecified atom stereocenters. The van der Waals surface area contributed by atoms with Crippen LogP contribution < -0.4 is 5.43 Å². The molecule has 29 heavy (non-hydrogen) atoms. The van der Waals surface area contributed by atoms with Gasteiger partial charge in [-0.3, -0.25) is 4.79 Å². The summed E-state index contributed by atoms with van der Waals surface area (Å²) in [5, 5.41) is 5.53. The minimum absolute atomic E-state index is 0.116. The second kappa shape index (κ2) is 10.0. The highest BCUT2D eigenvalue weighted by Crippen LogP contribution is 2.22. The number of aryl methyl sites for hydroxylation is 1. The second-order valence-corrected chi connectivity index (χ2v) is 8.53. The summed E-state index contributed by atoms with van der Waals surface area (Å²) in [4.78, 5) is 13.1. The molecule has 3 rings (SSSR count). The lowest BCUT2D eigenvalue weighted by molar-refractivity contribution is -0.120. The molecule has 0 saturated heterocycles. The van der Waals surface area contributed by atoms with Gasteiger partial charge in [-0.25, -0.2) is 5.43 Å². The van der Waals surface area contributed by atoms with Crippen molar-refractivity contribution in [2.75, 3.05) is 5.75 Å². The van der Waals surface area contributed by atoms with Gasteiger partial charge < -0.3 is 4.57 Å². The van der Waals surface area contributed by atoms with Crippen LogP contribution in [0.1, 0.15) is 23.4 Å². The number of carbonyl (C=O) groups excluding carboxylic acids is 1. The molecule has 1 N–H and O–H groups in total. The summed E-state index contributed by atoms with van der Waals surface area (Å²) in [5.41, 5.74) is 6.71. The molecule has 0 radical (unpaired) electrons. The first-order valence-corrected chi connectivity index (χ1v) is 10.8. The number of benzene rings is 2. The van der Waals surface area contributed by atoms with Crippen LogP contribution in [0, 0.1) is 13.8 Å². The largest absolute Gasteiger partial charge is 0.318 e. The molecule has 0 aliphatic rings. The average Bonchev–Trinajstić information content (AvgIpc) is 2.98. The van der Waals surface area contributed by atoms with Gasteiger partial charge in [0.05, 0.1) is 6.21 Å². The van der Waals surface area contributed by atoms with E-state index in [1.807, 2.05) is 68.4 Å². The summed E-state index contributed by atoms with van der Waals surface area (Å²) in [6.07, 6.45) is 2.06. The maximum atomic E-state index is 12.0. The Balaban J connectivity index is 1.54. The Morgan fingerprint density at radius 3 is 2.34 bits per heavy atom. The Morgan fingerprint density at radius 1 is 1.07 bits per heavy atom. The summed E-state index contributed by atoms with van der Waals surface area (Å²) < 4.78 is 2.13. The van der Waals surface area contributed by atoms with Gasteiger partial charge in [0, 0.05) is 49.8 Å². The van der Waals surface area contributed by atoms with Crippen molar-refractivity contribution in [1.82, 2.24) is 9.99 Å². The summed E-state index contributed by atoms with van der Waals surface area (Å²) in [7, 11) is 0. The van der Waals surface area contributed by atoms with Gasteiger partial charge in [-0.1, -0.05) is 23.2 Å². The Labute approximate surface area is 184 Å². The number of nitrogens with zero attached hydrogens (tertiary/aromatic N) is 2. The minimum Gasteiger partial charge on any atom is -0.318 e. The molecule has 1 heterocycles. The van der Waals surface area contributed by atoms with Crippen LogP contribution in [0.2, 0.25) is 10.0 Å². The number of halogens is 2. The Morgan fingerprint density at radius 2 is 1.69 bits per heavy atom. The zero-order chi connectivity index (χ0) is 20.8. The first-order chi connectivity index (χ1) is 13.9. The van der Waals surface area contributed by atoms with E-state index in [0.29, 0.717) is 22.2 Å². The van der Waals surface area contributed by atoms with E-state index in [2.05, 4.69) is 15.1 Å². The number of hydrazone groups is 1. The molecular weight excluding hydrogens is 425 g/mol. The molecule has 0 fully saturated rings. The molecule has 150 valence electrons. The normalized spacial score (nSPS) is 11.2. The predicted octanol–water partition coefficient (Wildman–Crippen LogP) is 6.03. The quantitative estimate of drug-likeness (QED) is 0.274. The van der Waals surface area contributed by atoms with E-state index >= 15 is 0 Å². The van der Waals surface area contributed by atoms with E-state index in [0.717, 1.165) is 27.5 Å². The molecule has 0 aliphatic carbocycles. The van der Waals surface area contributed by atoms with Crippen LogP contribution in [0.25, 0.3) is 5.69 Å². The second-order valence-electron chi connectivity index (χ2n) is 6.48. The van der Waals surface area contributed by atoms with Crippen LogP contribution in [0.15, 0.2) is 64.6 Å². The summed E-state index contributed by atoms with van der Waals surface area (Å²) >= 11 is 13.5. The van der Waals surface area contributed by atoms with Gasteiger partial charge in [0.1, 0.15) is 0 Å². The van der Waals surface area contributed by atoms with Crippen LogP contribution in [-0.2, 0) is 4.79 Å². The Bertz CT molecular complexity index is 1010. The Kier molecular flexibility index (Phi) is 7.42. The highest BCUT2D eigenvalue weighted by atomic mass is 35.5. The van der Waals surface area contributed by atoms with Crippen molar-refractivity contribution >= 4 is 47.1 Å². The van der Waals surface area contributed by atoms with Crippen LogP contribution in [0.3, 0.4) is 0 Å². The van der Waals surface area contributed by atoms with Gasteiger partial charge in [0.25, 0.3) is 0 Å². The maximum Gasteiger partial charge on any atom is 0.240 e. The smallest absolute Gasteiger partial charge is 0.240 e. The van der Waals surface area contributed by atoms with Crippen molar-refractivity contribution in [3.63, 3.8) is 0 Å². The first kappa shape index (κ1) is 21.5. The van der Waals surface area contributed by atoms with Crippen molar-refractivity contribution in [2.45, 2.75) is 25.2 Å². The fourth-order valence-electron chi connectivity index (χ4n) is 2.93. The van der Waals surface area contributed by atoms with E-state index in [1.165, 1.54) is 0 Å². The molecule has 3 aromatic rings. The fraction of sp³-hybridized carbons (Fsp3) is 0.182. The van der Waals surface area contributed by atoms with E-state index in [-0.39, 0.29) is 5.91 Å². The average molecular weight is 446 g/mol. The van der Waals surface area contributed by atoms with Crippen molar-refractivity contribution < 1.29 is 4.79 Å². The zero-order valence-corrected chi connectivity index (χ0v) is 18.5. The van der Waals surface area contributed by atoms with E-state index < -0.39 is 0 Å². The lowest BCUT2D eigenvalue weighted by atomic mass is 10.2. The highest BCUT2D eigenvalue weighted by Gasteiger charge is 2.09. The molecule has 2 aromatic carbocycles. The van der Waals surface area contributed by atoms with E-state index in [1.54, 1.807) is 18.0 Å². The lowest BCUT2D eigenvalue weighted by Crippen LogP contribution is -2.17. The Hall–Kier alpha value is -2.21. The van der Waals surface area contributed by atoms with Crippen molar-refractivity contribution in [1.29, 1.82) is 0 Å². The number of nitrogens with one attached hydrogen (secondary N) is 1. The van der Waals surface area contributed by atoms with Crippen LogP contribution >= 0.6 is 35.0 Å². The standard InChI is InChI=1S/C22H21Cl2N3OS/c1-15-13-17(16(2)27(15)20-7-3-18(23)4-8-20)14-25-26-22(28)11-12-29-21-9-5-19(24)6-10-21/h3-10,13-14H,11-12H2,1-2H3,(H,26,28)/b25-14-. The molecule has 0 saturated carbocycles. The van der Waals surface area contributed by atoms with Crippen LogP contribution in [0.5, 0.6) is 0 Å². The van der Waals surface area contributed by atoms with Crippen LogP contribution in [-0.4, -0.2) is 22.4 Å². The third kappa shape index (κ3) is 5.89. The van der Waals surface area contributed by atoms with Crippen molar-refractivity contribution in [3.05, 3.63) is 81.6 Å². The van der Waals surface area contributed by atoms with Gasteiger partial charge in [-0.15, -0.1) is 11.8 Å². The number of aromatic nitrogens is 1. The summed E-state index contributed by atoms with van der Waals surface area (Å²) in [6, 6.07) is 17.3. The number of thioether (sulfide) groups is 1. The van der Waals surface area contributed by atoms with Gasteiger partial charge in [-0.05, 0) is 68.4 Å². The summed E-state index contributed by atoms with van der Waals surface area (Å²) in [5.74, 6) is 0.558. The molecule has 4 nitrogen and oxygen atoms in total. The molecule has 1 aromatic heterocycles. The highest BCUT2D eigenvalue weighted by molar-refractivity contribution is 7.99. The molecule has 0 atom stereocenters. The number of amides is 1. The van der Waals surface area contributed by atoms with Gasteiger partial charge in [-0.2, -0.15) is 5.10 Å². The minimum atomic E-state index is -0.116. The monoisotopic (exact) mass is 445 g/mol. The maximum absolute atomic E-state index is 12.0. The number of hydrogen-bond donors (Lipinski definition) is 1. The van der Waals surface area contributed by atoms with Crippen LogP contribution in [0.4, 0.5) is 0 Å². The topological polar surface area (TPSA) is 46.4 Å². The third-order valence-electron chi connectivity index (χ3n) is 4.36. The molecule has 0 spiro atoms. The van der Waals surface area contributed by atoms with Gasteiger partial charge >= 0.3 is 0 Å². The number of hydrogen-bond acceptors (Lipinski definition) is 3. The number of rotatable bonds is 7.